The number of hydrogen-bond acceptors (Lipinski definition) is 5. The fraction of sp³-hybridized carbons (Fsp3) is 0.0833. The first-order valence-corrected chi connectivity index (χ1v) is 9.67. The molecule has 1 aromatic heterocycles. The molecule has 32 heavy (non-hydrogen) atoms. The molecule has 0 bridgehead atoms. The van der Waals surface area contributed by atoms with Gasteiger partial charge in [0.1, 0.15) is 23.1 Å². The van der Waals surface area contributed by atoms with Crippen molar-refractivity contribution in [2.45, 2.75) is 0 Å². The largest absolute Gasteiger partial charge is 0.497 e. The lowest BCUT2D eigenvalue weighted by molar-refractivity contribution is 0.0967. The lowest BCUT2D eigenvalue weighted by Gasteiger charge is -2.12. The van der Waals surface area contributed by atoms with E-state index < -0.39 is 17.6 Å². The molecule has 0 aliphatic heterocycles. The van der Waals surface area contributed by atoms with Crippen molar-refractivity contribution in [3.05, 3.63) is 83.7 Å². The summed E-state index contributed by atoms with van der Waals surface area (Å²) in [5.41, 5.74) is 7.58. The van der Waals surface area contributed by atoms with Gasteiger partial charge < -0.3 is 20.5 Å². The van der Waals surface area contributed by atoms with E-state index >= 15 is 0 Å². The van der Waals surface area contributed by atoms with Gasteiger partial charge in [-0.3, -0.25) is 14.2 Å². The van der Waals surface area contributed by atoms with Crippen molar-refractivity contribution in [1.29, 1.82) is 0 Å². The van der Waals surface area contributed by atoms with Crippen LogP contribution in [0.2, 0.25) is 0 Å². The van der Waals surface area contributed by atoms with Gasteiger partial charge in [-0.05, 0) is 42.5 Å². The van der Waals surface area contributed by atoms with Crippen LogP contribution in [-0.4, -0.2) is 30.6 Å². The van der Waals surface area contributed by atoms with Crippen molar-refractivity contribution in [3.8, 4) is 11.5 Å². The van der Waals surface area contributed by atoms with Crippen LogP contribution in [0.15, 0.2) is 66.7 Å². The normalized spacial score (nSPS) is 10.7. The van der Waals surface area contributed by atoms with E-state index in [1.54, 1.807) is 42.5 Å². The third kappa shape index (κ3) is 3.62. The third-order valence-electron chi connectivity index (χ3n) is 5.09. The number of benzene rings is 3. The second-order valence-corrected chi connectivity index (χ2v) is 6.95. The number of amides is 1. The molecule has 0 fully saturated rings. The number of halogens is 1. The molecule has 4 rings (SSSR count). The Morgan fingerprint density at radius 2 is 1.69 bits per heavy atom. The molecule has 0 saturated heterocycles. The quantitative estimate of drug-likeness (QED) is 0.489. The number of nitrogens with two attached hydrogens (primary N) is 1. The smallest absolute Gasteiger partial charge is 0.263 e. The molecule has 0 saturated carbocycles. The average Bonchev–Trinajstić information content (AvgIpc) is 3.11. The number of carbonyl (C=O) groups excluding carboxylic acids is 2. The van der Waals surface area contributed by atoms with Gasteiger partial charge in [-0.1, -0.05) is 18.2 Å². The predicted octanol–water partition coefficient (Wildman–Crippen LogP) is 4.32. The van der Waals surface area contributed by atoms with Crippen LogP contribution in [0.1, 0.15) is 20.7 Å². The molecular weight excluding hydrogens is 413 g/mol. The summed E-state index contributed by atoms with van der Waals surface area (Å²) in [5, 5.41) is 3.29. The van der Waals surface area contributed by atoms with E-state index in [9.17, 15) is 14.0 Å². The molecule has 0 unspecified atom stereocenters. The summed E-state index contributed by atoms with van der Waals surface area (Å²) in [6, 6.07) is 17.0. The summed E-state index contributed by atoms with van der Waals surface area (Å²) in [7, 11) is 3.01. The number of ether oxygens (including phenoxy) is 2. The van der Waals surface area contributed by atoms with Gasteiger partial charge in [0, 0.05) is 17.0 Å². The maximum atomic E-state index is 13.3. The van der Waals surface area contributed by atoms with Crippen molar-refractivity contribution in [2.24, 2.45) is 0 Å². The zero-order valence-corrected chi connectivity index (χ0v) is 17.4. The number of hydrogen-bond donors (Lipinski definition) is 2. The van der Waals surface area contributed by atoms with Crippen LogP contribution >= 0.6 is 0 Å². The van der Waals surface area contributed by atoms with Gasteiger partial charge in [-0.25, -0.2) is 4.39 Å². The van der Waals surface area contributed by atoms with Gasteiger partial charge in [-0.15, -0.1) is 0 Å². The zero-order valence-electron chi connectivity index (χ0n) is 17.4. The Bertz CT molecular complexity index is 1330. The van der Waals surface area contributed by atoms with Gasteiger partial charge in [0.2, 0.25) is 0 Å². The number of carbonyl (C=O) groups is 2. The maximum absolute atomic E-state index is 13.3. The minimum atomic E-state index is -0.507. The van der Waals surface area contributed by atoms with Crippen molar-refractivity contribution >= 4 is 34.2 Å². The van der Waals surface area contributed by atoms with E-state index in [2.05, 4.69) is 5.32 Å². The molecule has 1 amide bonds. The fourth-order valence-electron chi connectivity index (χ4n) is 3.53. The minimum Gasteiger partial charge on any atom is -0.497 e. The van der Waals surface area contributed by atoms with E-state index in [0.29, 0.717) is 28.1 Å². The van der Waals surface area contributed by atoms with Crippen LogP contribution in [0.25, 0.3) is 10.9 Å². The van der Waals surface area contributed by atoms with Gasteiger partial charge in [0.05, 0.1) is 31.0 Å². The lowest BCUT2D eigenvalue weighted by atomic mass is 10.1. The summed E-state index contributed by atoms with van der Waals surface area (Å²) in [5.74, 6) is -0.484. The molecule has 4 aromatic rings. The van der Waals surface area contributed by atoms with E-state index in [1.165, 1.54) is 43.1 Å². The Hall–Kier alpha value is -4.33. The molecule has 8 heteroatoms. The fourth-order valence-corrected chi connectivity index (χ4v) is 3.53. The zero-order chi connectivity index (χ0) is 22.8. The van der Waals surface area contributed by atoms with Gasteiger partial charge >= 0.3 is 0 Å². The van der Waals surface area contributed by atoms with Crippen molar-refractivity contribution in [1.82, 2.24) is 4.57 Å². The van der Waals surface area contributed by atoms with Gasteiger partial charge in [0.15, 0.2) is 0 Å². The highest BCUT2D eigenvalue weighted by atomic mass is 19.1. The number of nitrogens with zero attached hydrogens (tertiary/aromatic N) is 1. The number of rotatable bonds is 5. The highest BCUT2D eigenvalue weighted by Gasteiger charge is 2.25. The summed E-state index contributed by atoms with van der Waals surface area (Å²) >= 11 is 0. The number of nitrogen functional groups attached to an aromatic ring is 1. The standard InChI is InChI=1S/C24H20FN3O4/c1-31-16-11-12-18(20(13-16)32-2)27-23(29)21-17-5-3-4-6-19(17)28(22(21)26)24(30)14-7-9-15(25)10-8-14/h3-13H,26H2,1-2H3,(H,27,29). The van der Waals surface area contributed by atoms with Crippen LogP contribution in [0.3, 0.4) is 0 Å². The molecule has 0 aliphatic carbocycles. The second kappa shape index (κ2) is 8.43. The maximum Gasteiger partial charge on any atom is 0.263 e. The van der Waals surface area contributed by atoms with Crippen molar-refractivity contribution in [3.63, 3.8) is 0 Å². The molecular formula is C24H20FN3O4. The summed E-state index contributed by atoms with van der Waals surface area (Å²) < 4.78 is 25.1. The Labute approximate surface area is 183 Å². The van der Waals surface area contributed by atoms with E-state index in [0.717, 1.165) is 0 Å². The molecule has 7 nitrogen and oxygen atoms in total. The number of aromatic nitrogens is 1. The van der Waals surface area contributed by atoms with Crippen LogP contribution < -0.4 is 20.5 Å². The average molecular weight is 433 g/mol. The molecule has 3 aromatic carbocycles. The van der Waals surface area contributed by atoms with Crippen molar-refractivity contribution in [2.75, 3.05) is 25.3 Å². The van der Waals surface area contributed by atoms with Gasteiger partial charge in [0.25, 0.3) is 11.8 Å². The third-order valence-corrected chi connectivity index (χ3v) is 5.09. The molecule has 0 atom stereocenters. The van der Waals surface area contributed by atoms with E-state index in [1.807, 2.05) is 0 Å². The molecule has 0 spiro atoms. The monoisotopic (exact) mass is 433 g/mol. The first-order chi connectivity index (χ1) is 15.4. The Morgan fingerprint density at radius 3 is 2.38 bits per heavy atom. The Kier molecular flexibility index (Phi) is 5.51. The number of nitrogens with one attached hydrogen (secondary N) is 1. The summed E-state index contributed by atoms with van der Waals surface area (Å²) in [6.07, 6.45) is 0. The van der Waals surface area contributed by atoms with Crippen LogP contribution in [0.4, 0.5) is 15.9 Å². The Balaban J connectivity index is 1.79. The lowest BCUT2D eigenvalue weighted by Crippen LogP contribution is -2.18. The first kappa shape index (κ1) is 20.9. The summed E-state index contributed by atoms with van der Waals surface area (Å²) in [6.45, 7) is 0. The predicted molar refractivity (Wildman–Crippen MR) is 120 cm³/mol. The summed E-state index contributed by atoms with van der Waals surface area (Å²) in [4.78, 5) is 26.4. The van der Waals surface area contributed by atoms with Crippen molar-refractivity contribution < 1.29 is 23.5 Å². The van der Waals surface area contributed by atoms with Gasteiger partial charge in [-0.2, -0.15) is 0 Å². The van der Waals surface area contributed by atoms with E-state index in [-0.39, 0.29) is 16.9 Å². The van der Waals surface area contributed by atoms with Crippen LogP contribution in [-0.2, 0) is 0 Å². The molecule has 3 N–H and O–H groups in total. The molecule has 1 heterocycles. The Morgan fingerprint density at radius 1 is 0.969 bits per heavy atom. The highest BCUT2D eigenvalue weighted by molar-refractivity contribution is 6.20. The number of fused-ring (bicyclic) bond motifs is 1. The van der Waals surface area contributed by atoms with Crippen LogP contribution in [0, 0.1) is 5.82 Å². The molecule has 0 radical (unpaired) electrons. The number of para-hydroxylation sites is 1. The SMILES string of the molecule is COc1ccc(NC(=O)c2c(N)n(C(=O)c3ccc(F)cc3)c3ccccc23)c(OC)c1. The number of methoxy groups -OCH3 is 2. The number of anilines is 2. The van der Waals surface area contributed by atoms with Crippen LogP contribution in [0.5, 0.6) is 11.5 Å². The second-order valence-electron chi connectivity index (χ2n) is 6.95. The minimum absolute atomic E-state index is 0.0227. The molecule has 0 aliphatic rings. The first-order valence-electron chi connectivity index (χ1n) is 9.67. The highest BCUT2D eigenvalue weighted by Crippen LogP contribution is 2.33. The van der Waals surface area contributed by atoms with E-state index in [4.69, 9.17) is 15.2 Å². The topological polar surface area (TPSA) is 95.6 Å². The molecule has 162 valence electrons.